The summed E-state index contributed by atoms with van der Waals surface area (Å²) in [5.41, 5.74) is 2.34. The summed E-state index contributed by atoms with van der Waals surface area (Å²) in [6.45, 7) is 6.55. The lowest BCUT2D eigenvalue weighted by atomic mass is 10.1. The molecule has 2 aliphatic heterocycles. The first-order valence-corrected chi connectivity index (χ1v) is 10.6. The highest BCUT2D eigenvalue weighted by atomic mass is 16.5. The van der Waals surface area contributed by atoms with E-state index < -0.39 is 0 Å². The van der Waals surface area contributed by atoms with Gasteiger partial charge in [-0.2, -0.15) is 0 Å². The summed E-state index contributed by atoms with van der Waals surface area (Å²) in [6, 6.07) is 11.0. The molecule has 2 saturated heterocycles. The zero-order chi connectivity index (χ0) is 19.6. The summed E-state index contributed by atoms with van der Waals surface area (Å²) in [5, 5.41) is 1.21. The minimum atomic E-state index is 0.266. The van der Waals surface area contributed by atoms with Crippen LogP contribution >= 0.6 is 0 Å². The lowest BCUT2D eigenvalue weighted by Crippen LogP contribution is -2.38. The van der Waals surface area contributed by atoms with Gasteiger partial charge >= 0.3 is 0 Å². The molecule has 3 aromatic rings. The number of fused-ring (bicyclic) bond motifs is 1. The molecule has 5 rings (SSSR count). The third-order valence-electron chi connectivity index (χ3n) is 6.07. The van der Waals surface area contributed by atoms with Crippen LogP contribution in [-0.2, 0) is 11.3 Å². The van der Waals surface area contributed by atoms with Crippen molar-refractivity contribution < 1.29 is 9.47 Å². The average molecular weight is 393 g/mol. The van der Waals surface area contributed by atoms with Crippen LogP contribution in [0.4, 0.5) is 0 Å². The lowest BCUT2D eigenvalue weighted by Gasteiger charge is -2.32. The number of benzene rings is 1. The van der Waals surface area contributed by atoms with Gasteiger partial charge in [0.2, 0.25) is 0 Å². The Bertz CT molecular complexity index is 972. The monoisotopic (exact) mass is 392 g/mol. The van der Waals surface area contributed by atoms with E-state index in [-0.39, 0.29) is 6.10 Å². The van der Waals surface area contributed by atoms with Crippen LogP contribution in [-0.4, -0.2) is 51.8 Å². The number of aryl methyl sites for hydroxylation is 1. The van der Waals surface area contributed by atoms with E-state index in [0.29, 0.717) is 6.04 Å². The summed E-state index contributed by atoms with van der Waals surface area (Å²) >= 11 is 0. The van der Waals surface area contributed by atoms with Gasteiger partial charge < -0.3 is 14.0 Å². The van der Waals surface area contributed by atoms with Crippen LogP contribution < -0.4 is 4.74 Å². The van der Waals surface area contributed by atoms with Gasteiger partial charge in [0, 0.05) is 44.0 Å². The van der Waals surface area contributed by atoms with Crippen LogP contribution in [0, 0.1) is 6.92 Å². The lowest BCUT2D eigenvalue weighted by molar-refractivity contribution is 0.0972. The molecule has 6 nitrogen and oxygen atoms in total. The first-order chi connectivity index (χ1) is 14.3. The van der Waals surface area contributed by atoms with Crippen molar-refractivity contribution in [2.24, 2.45) is 0 Å². The van der Waals surface area contributed by atoms with Gasteiger partial charge in [-0.25, -0.2) is 9.97 Å². The number of ether oxygens (including phenoxy) is 2. The van der Waals surface area contributed by atoms with Crippen LogP contribution in [0.2, 0.25) is 0 Å². The fourth-order valence-electron chi connectivity index (χ4n) is 4.51. The van der Waals surface area contributed by atoms with Crippen molar-refractivity contribution in [3.8, 4) is 5.75 Å². The Labute approximate surface area is 171 Å². The second kappa shape index (κ2) is 8.13. The van der Waals surface area contributed by atoms with Crippen LogP contribution in [0.3, 0.4) is 0 Å². The minimum Gasteiger partial charge on any atom is -0.490 e. The first-order valence-electron chi connectivity index (χ1n) is 10.6. The van der Waals surface area contributed by atoms with Gasteiger partial charge in [-0.05, 0) is 50.5 Å². The zero-order valence-electron chi connectivity index (χ0n) is 17.0. The Balaban J connectivity index is 1.23. The van der Waals surface area contributed by atoms with Crippen molar-refractivity contribution in [2.45, 2.75) is 44.9 Å². The maximum absolute atomic E-state index is 6.47. The van der Waals surface area contributed by atoms with E-state index in [1.165, 1.54) is 10.9 Å². The molecule has 0 bridgehead atoms. The molecule has 2 fully saturated rings. The Morgan fingerprint density at radius 1 is 1.14 bits per heavy atom. The topological polar surface area (TPSA) is 52.4 Å². The van der Waals surface area contributed by atoms with Gasteiger partial charge in [0.25, 0.3) is 0 Å². The molecule has 1 unspecified atom stereocenters. The largest absolute Gasteiger partial charge is 0.490 e. The molecule has 4 heterocycles. The number of hydrogen-bond acceptors (Lipinski definition) is 5. The molecule has 0 N–H and O–H groups in total. The van der Waals surface area contributed by atoms with Gasteiger partial charge in [-0.15, -0.1) is 0 Å². The summed E-state index contributed by atoms with van der Waals surface area (Å²) in [6.07, 6.45) is 7.46. The molecule has 2 aromatic heterocycles. The molecular weight excluding hydrogens is 364 g/mol. The quantitative estimate of drug-likeness (QED) is 0.662. The Morgan fingerprint density at radius 2 is 2.03 bits per heavy atom. The van der Waals surface area contributed by atoms with E-state index >= 15 is 0 Å². The zero-order valence-corrected chi connectivity index (χ0v) is 17.0. The van der Waals surface area contributed by atoms with E-state index in [2.05, 4.69) is 49.9 Å². The summed E-state index contributed by atoms with van der Waals surface area (Å²) in [5.74, 6) is 1.84. The molecule has 0 saturated carbocycles. The maximum Gasteiger partial charge on any atom is 0.129 e. The summed E-state index contributed by atoms with van der Waals surface area (Å²) < 4.78 is 14.4. The van der Waals surface area contributed by atoms with Crippen LogP contribution in [0.15, 0.2) is 42.7 Å². The van der Waals surface area contributed by atoms with Gasteiger partial charge in [0.05, 0.1) is 23.9 Å². The fraction of sp³-hybridized carbons (Fsp3) is 0.478. The predicted molar refractivity (Wildman–Crippen MR) is 112 cm³/mol. The van der Waals surface area contributed by atoms with Crippen molar-refractivity contribution in [3.63, 3.8) is 0 Å². The van der Waals surface area contributed by atoms with E-state index in [1.807, 2.05) is 19.2 Å². The molecule has 2 aliphatic rings. The van der Waals surface area contributed by atoms with Gasteiger partial charge in [0.1, 0.15) is 17.7 Å². The second-order valence-electron chi connectivity index (χ2n) is 8.12. The second-order valence-corrected chi connectivity index (χ2v) is 8.12. The molecule has 152 valence electrons. The highest BCUT2D eigenvalue weighted by Gasteiger charge is 2.23. The van der Waals surface area contributed by atoms with Gasteiger partial charge in [0.15, 0.2) is 0 Å². The predicted octanol–water partition coefficient (Wildman–Crippen LogP) is 3.74. The number of aromatic nitrogens is 3. The van der Waals surface area contributed by atoms with E-state index in [1.54, 1.807) is 0 Å². The third-order valence-corrected chi connectivity index (χ3v) is 6.07. The smallest absolute Gasteiger partial charge is 0.129 e. The minimum absolute atomic E-state index is 0.266. The molecule has 0 amide bonds. The molecule has 0 radical (unpaired) electrons. The molecule has 6 heteroatoms. The molecule has 1 atom stereocenters. The number of likely N-dealkylation sites (tertiary alicyclic amines) is 1. The van der Waals surface area contributed by atoms with Gasteiger partial charge in [-0.1, -0.05) is 6.07 Å². The molecule has 29 heavy (non-hydrogen) atoms. The number of piperidine rings is 1. The fourth-order valence-corrected chi connectivity index (χ4v) is 4.51. The Morgan fingerprint density at radius 3 is 2.83 bits per heavy atom. The molecule has 0 spiro atoms. The van der Waals surface area contributed by atoms with Crippen molar-refractivity contribution in [2.75, 3.05) is 26.3 Å². The standard InChI is InChI=1S/C23H28N4O2/c1-17-24-10-5-18(25-17)15-26-11-6-20(7-12-26)29-23-4-2-3-22-21(23)8-13-27(22)19-9-14-28-16-19/h2-5,8,10,13,19-20H,6-7,9,11-12,14-16H2,1H3. The van der Waals surface area contributed by atoms with Crippen LogP contribution in [0.25, 0.3) is 10.9 Å². The van der Waals surface area contributed by atoms with Crippen molar-refractivity contribution in [3.05, 3.63) is 54.2 Å². The average Bonchev–Trinajstić information content (AvgIpc) is 3.39. The number of nitrogens with zero attached hydrogens (tertiary/aromatic N) is 4. The van der Waals surface area contributed by atoms with E-state index in [9.17, 15) is 0 Å². The normalized spacial score (nSPS) is 21.1. The molecular formula is C23H28N4O2. The third kappa shape index (κ3) is 4.00. The maximum atomic E-state index is 6.47. The van der Waals surface area contributed by atoms with Crippen LogP contribution in [0.5, 0.6) is 5.75 Å². The summed E-state index contributed by atoms with van der Waals surface area (Å²) in [4.78, 5) is 11.2. The molecule has 1 aromatic carbocycles. The van der Waals surface area contributed by atoms with Crippen LogP contribution in [0.1, 0.15) is 36.8 Å². The van der Waals surface area contributed by atoms with Crippen molar-refractivity contribution >= 4 is 10.9 Å². The van der Waals surface area contributed by atoms with E-state index in [4.69, 9.17) is 9.47 Å². The summed E-state index contributed by atoms with van der Waals surface area (Å²) in [7, 11) is 0. The van der Waals surface area contributed by atoms with Gasteiger partial charge in [-0.3, -0.25) is 4.90 Å². The first kappa shape index (κ1) is 18.6. The number of hydrogen-bond donors (Lipinski definition) is 0. The van der Waals surface area contributed by atoms with Crippen molar-refractivity contribution in [1.29, 1.82) is 0 Å². The Hall–Kier alpha value is -2.44. The highest BCUT2D eigenvalue weighted by molar-refractivity contribution is 5.86. The number of rotatable bonds is 5. The highest BCUT2D eigenvalue weighted by Crippen LogP contribution is 2.32. The van der Waals surface area contributed by atoms with E-state index in [0.717, 1.165) is 69.4 Å². The van der Waals surface area contributed by atoms with Crippen molar-refractivity contribution in [1.82, 2.24) is 19.4 Å². The Kier molecular flexibility index (Phi) is 5.21. The molecule has 0 aliphatic carbocycles. The SMILES string of the molecule is Cc1nccc(CN2CCC(Oc3cccc4c3ccn4C3CCOC3)CC2)n1.